The smallest absolute Gasteiger partial charge is 0.186 e. The molecule has 1 aliphatic rings. The lowest BCUT2D eigenvalue weighted by Gasteiger charge is -2.30. The fourth-order valence-corrected chi connectivity index (χ4v) is 2.52. The predicted molar refractivity (Wildman–Crippen MR) is 56.4 cm³/mol. The zero-order chi connectivity index (χ0) is 10.2. The molecule has 2 rings (SSSR count). The van der Waals surface area contributed by atoms with E-state index in [1.165, 1.54) is 19.3 Å². The molecule has 1 saturated carbocycles. The minimum Gasteiger partial charge on any atom is -0.380 e. The number of nitrogen functional groups attached to an aromatic ring is 1. The molecule has 1 aromatic heterocycles. The molecule has 1 heterocycles. The summed E-state index contributed by atoms with van der Waals surface area (Å²) in [7, 11) is 0. The van der Waals surface area contributed by atoms with E-state index in [-0.39, 0.29) is 5.41 Å². The highest BCUT2D eigenvalue weighted by atomic mass is 35.5. The van der Waals surface area contributed by atoms with Gasteiger partial charge in [-0.1, -0.05) is 42.9 Å². The second kappa shape index (κ2) is 3.46. The first-order valence-electron chi connectivity index (χ1n) is 5.05. The Kier molecular flexibility index (Phi) is 2.43. The Labute approximate surface area is 88.6 Å². The van der Waals surface area contributed by atoms with Crippen LogP contribution in [0.15, 0.2) is 4.52 Å². The molecule has 0 bridgehead atoms. The Morgan fingerprint density at radius 1 is 1.36 bits per heavy atom. The summed E-state index contributed by atoms with van der Waals surface area (Å²) in [6, 6.07) is 0. The number of halogens is 1. The van der Waals surface area contributed by atoms with E-state index in [1.807, 2.05) is 0 Å². The van der Waals surface area contributed by atoms with Gasteiger partial charge in [0.1, 0.15) is 5.02 Å². The summed E-state index contributed by atoms with van der Waals surface area (Å²) in [6.07, 6.45) is 5.99. The molecule has 0 unspecified atom stereocenters. The first kappa shape index (κ1) is 9.84. The number of nitrogens with zero attached hydrogens (tertiary/aromatic N) is 1. The Balaban J connectivity index is 2.32. The maximum absolute atomic E-state index is 6.05. The summed E-state index contributed by atoms with van der Waals surface area (Å²) in [5.74, 6) is 1.09. The van der Waals surface area contributed by atoms with Crippen LogP contribution in [0.4, 0.5) is 5.82 Å². The lowest BCUT2D eigenvalue weighted by atomic mass is 9.74. The molecule has 0 radical (unpaired) electrons. The van der Waals surface area contributed by atoms with Crippen molar-refractivity contribution in [3.05, 3.63) is 10.8 Å². The van der Waals surface area contributed by atoms with E-state index in [2.05, 4.69) is 12.1 Å². The molecule has 0 spiro atoms. The van der Waals surface area contributed by atoms with Crippen LogP contribution in [0.2, 0.25) is 5.02 Å². The summed E-state index contributed by atoms with van der Waals surface area (Å²) in [5, 5.41) is 4.22. The Hall–Kier alpha value is -0.700. The van der Waals surface area contributed by atoms with Gasteiger partial charge in [0.15, 0.2) is 11.6 Å². The van der Waals surface area contributed by atoms with Crippen LogP contribution in [0.3, 0.4) is 0 Å². The third-order valence-corrected chi connectivity index (χ3v) is 3.53. The van der Waals surface area contributed by atoms with Crippen LogP contribution in [0.5, 0.6) is 0 Å². The van der Waals surface area contributed by atoms with E-state index in [0.29, 0.717) is 10.8 Å². The lowest BCUT2D eigenvalue weighted by Crippen LogP contribution is -2.24. The molecule has 1 aromatic rings. The van der Waals surface area contributed by atoms with Gasteiger partial charge >= 0.3 is 0 Å². The minimum absolute atomic E-state index is 0.0416. The molecule has 0 aromatic carbocycles. The second-order valence-corrected chi connectivity index (χ2v) is 4.71. The van der Waals surface area contributed by atoms with Crippen molar-refractivity contribution in [2.24, 2.45) is 0 Å². The predicted octanol–water partition coefficient (Wildman–Crippen LogP) is 3.13. The summed E-state index contributed by atoms with van der Waals surface area (Å²) in [6.45, 7) is 2.18. The third-order valence-electron chi connectivity index (χ3n) is 3.16. The monoisotopic (exact) mass is 214 g/mol. The van der Waals surface area contributed by atoms with Gasteiger partial charge in [-0.2, -0.15) is 0 Å². The van der Waals surface area contributed by atoms with E-state index in [4.69, 9.17) is 21.9 Å². The number of rotatable bonds is 1. The SMILES string of the molecule is CC1(c2onc(N)c2Cl)CCCCC1. The van der Waals surface area contributed by atoms with E-state index >= 15 is 0 Å². The topological polar surface area (TPSA) is 52.0 Å². The number of aromatic nitrogens is 1. The van der Waals surface area contributed by atoms with Gasteiger partial charge in [0.25, 0.3) is 0 Å². The van der Waals surface area contributed by atoms with Crippen molar-refractivity contribution in [3.8, 4) is 0 Å². The zero-order valence-electron chi connectivity index (χ0n) is 8.35. The number of anilines is 1. The van der Waals surface area contributed by atoms with Crippen molar-refractivity contribution in [1.29, 1.82) is 0 Å². The Morgan fingerprint density at radius 2 is 2.00 bits per heavy atom. The first-order chi connectivity index (χ1) is 6.63. The third kappa shape index (κ3) is 1.50. The minimum atomic E-state index is 0.0416. The van der Waals surface area contributed by atoms with E-state index < -0.39 is 0 Å². The highest BCUT2D eigenvalue weighted by molar-refractivity contribution is 6.33. The van der Waals surface area contributed by atoms with Gasteiger partial charge in [0.2, 0.25) is 0 Å². The molecule has 0 amide bonds. The van der Waals surface area contributed by atoms with Gasteiger partial charge < -0.3 is 10.3 Å². The van der Waals surface area contributed by atoms with Crippen molar-refractivity contribution in [1.82, 2.24) is 5.16 Å². The van der Waals surface area contributed by atoms with Crippen molar-refractivity contribution in [2.45, 2.75) is 44.4 Å². The fourth-order valence-electron chi connectivity index (χ4n) is 2.23. The Morgan fingerprint density at radius 3 is 2.50 bits per heavy atom. The van der Waals surface area contributed by atoms with Gasteiger partial charge in [-0.15, -0.1) is 0 Å². The maximum Gasteiger partial charge on any atom is 0.186 e. The standard InChI is InChI=1S/C10H15ClN2O/c1-10(5-3-2-4-6-10)8-7(11)9(12)13-14-8/h2-6H2,1H3,(H2,12,13). The Bertz CT molecular complexity index is 329. The molecule has 0 saturated heterocycles. The number of nitrogens with two attached hydrogens (primary N) is 1. The molecule has 1 aliphatic carbocycles. The van der Waals surface area contributed by atoms with Crippen molar-refractivity contribution < 1.29 is 4.52 Å². The quantitative estimate of drug-likeness (QED) is 0.782. The zero-order valence-corrected chi connectivity index (χ0v) is 9.10. The average Bonchev–Trinajstić information content (AvgIpc) is 2.49. The van der Waals surface area contributed by atoms with Crippen LogP contribution in [0.1, 0.15) is 44.8 Å². The van der Waals surface area contributed by atoms with Crippen LogP contribution in [-0.4, -0.2) is 5.16 Å². The highest BCUT2D eigenvalue weighted by Crippen LogP contribution is 2.43. The molecular weight excluding hydrogens is 200 g/mol. The number of hydrogen-bond acceptors (Lipinski definition) is 3. The van der Waals surface area contributed by atoms with Gasteiger partial charge in [-0.05, 0) is 12.8 Å². The summed E-state index contributed by atoms with van der Waals surface area (Å²) in [4.78, 5) is 0. The molecule has 14 heavy (non-hydrogen) atoms. The summed E-state index contributed by atoms with van der Waals surface area (Å²) < 4.78 is 5.23. The maximum atomic E-state index is 6.05. The van der Waals surface area contributed by atoms with Gasteiger partial charge in [-0.25, -0.2) is 0 Å². The normalized spacial score (nSPS) is 21.0. The van der Waals surface area contributed by atoms with Crippen LogP contribution in [-0.2, 0) is 5.41 Å². The van der Waals surface area contributed by atoms with E-state index in [1.54, 1.807) is 0 Å². The van der Waals surface area contributed by atoms with Crippen molar-refractivity contribution >= 4 is 17.4 Å². The van der Waals surface area contributed by atoms with Crippen molar-refractivity contribution in [3.63, 3.8) is 0 Å². The van der Waals surface area contributed by atoms with Crippen molar-refractivity contribution in [2.75, 3.05) is 5.73 Å². The van der Waals surface area contributed by atoms with Crippen LogP contribution in [0, 0.1) is 0 Å². The number of hydrogen-bond donors (Lipinski definition) is 1. The van der Waals surface area contributed by atoms with E-state index in [9.17, 15) is 0 Å². The summed E-state index contributed by atoms with van der Waals surface area (Å²) >= 11 is 6.05. The largest absolute Gasteiger partial charge is 0.380 e. The summed E-state index contributed by atoms with van der Waals surface area (Å²) in [5.41, 5.74) is 5.61. The molecule has 1 fully saturated rings. The first-order valence-corrected chi connectivity index (χ1v) is 5.42. The average molecular weight is 215 g/mol. The highest BCUT2D eigenvalue weighted by Gasteiger charge is 2.35. The van der Waals surface area contributed by atoms with Gasteiger partial charge in [0.05, 0.1) is 0 Å². The van der Waals surface area contributed by atoms with Gasteiger partial charge in [0, 0.05) is 5.41 Å². The van der Waals surface area contributed by atoms with Crippen LogP contribution >= 0.6 is 11.6 Å². The molecule has 3 nitrogen and oxygen atoms in total. The molecule has 0 atom stereocenters. The molecule has 4 heteroatoms. The van der Waals surface area contributed by atoms with Crippen LogP contribution in [0.25, 0.3) is 0 Å². The van der Waals surface area contributed by atoms with E-state index in [0.717, 1.165) is 18.6 Å². The second-order valence-electron chi connectivity index (χ2n) is 4.33. The molecular formula is C10H15ClN2O. The molecule has 2 N–H and O–H groups in total. The molecule has 78 valence electrons. The fraction of sp³-hybridized carbons (Fsp3) is 0.700. The lowest BCUT2D eigenvalue weighted by molar-refractivity contribution is 0.241. The van der Waals surface area contributed by atoms with Gasteiger partial charge in [-0.3, -0.25) is 0 Å². The molecule has 0 aliphatic heterocycles. The van der Waals surface area contributed by atoms with Crippen LogP contribution < -0.4 is 5.73 Å².